The minimum absolute atomic E-state index is 0.146. The van der Waals surface area contributed by atoms with E-state index in [9.17, 15) is 4.79 Å². The molecule has 1 amide bonds. The van der Waals surface area contributed by atoms with Crippen LogP contribution in [-0.4, -0.2) is 21.1 Å². The fraction of sp³-hybridized carbons (Fsp3) is 0.0455. The van der Waals surface area contributed by atoms with Crippen molar-refractivity contribution in [3.8, 4) is 0 Å². The van der Waals surface area contributed by atoms with Gasteiger partial charge in [0.05, 0.1) is 0 Å². The average Bonchev–Trinajstić information content (AvgIpc) is 3.20. The normalized spacial score (nSPS) is 10.7. The molecule has 0 aliphatic carbocycles. The minimum Gasteiger partial charge on any atom is -0.368 e. The maximum absolute atomic E-state index is 12.7. The number of aromatic nitrogens is 3. The quantitative estimate of drug-likeness (QED) is 0.352. The zero-order valence-electron chi connectivity index (χ0n) is 15.9. The Labute approximate surface area is 182 Å². The largest absolute Gasteiger partial charge is 0.368 e. The summed E-state index contributed by atoms with van der Waals surface area (Å²) in [5.74, 6) is 0.787. The Bertz CT molecular complexity index is 1130. The molecule has 8 heteroatoms. The number of nitrogens with two attached hydrogens (primary N) is 1. The fourth-order valence-corrected chi connectivity index (χ4v) is 4.29. The van der Waals surface area contributed by atoms with Gasteiger partial charge in [0.25, 0.3) is 5.91 Å². The molecule has 30 heavy (non-hydrogen) atoms. The Balaban J connectivity index is 1.36. The maximum atomic E-state index is 12.7. The number of anilines is 2. The highest BCUT2D eigenvalue weighted by Gasteiger charge is 2.08. The number of amides is 1. The van der Waals surface area contributed by atoms with Gasteiger partial charge in [-0.3, -0.25) is 4.79 Å². The zero-order chi connectivity index (χ0) is 20.8. The highest BCUT2D eigenvalue weighted by molar-refractivity contribution is 7.99. The third kappa shape index (κ3) is 5.43. The Kier molecular flexibility index (Phi) is 6.36. The number of thioether (sulfide) groups is 1. The second kappa shape index (κ2) is 9.51. The molecule has 0 bridgehead atoms. The summed E-state index contributed by atoms with van der Waals surface area (Å²) in [4.78, 5) is 19.0. The lowest BCUT2D eigenvalue weighted by atomic mass is 10.1. The van der Waals surface area contributed by atoms with Crippen molar-refractivity contribution in [2.75, 3.05) is 11.1 Å². The van der Waals surface area contributed by atoms with Gasteiger partial charge in [0.1, 0.15) is 0 Å². The molecule has 0 spiro atoms. The van der Waals surface area contributed by atoms with Gasteiger partial charge in [-0.1, -0.05) is 53.9 Å². The topological polar surface area (TPSA) is 96.7 Å². The second-order valence-corrected chi connectivity index (χ2v) is 8.48. The van der Waals surface area contributed by atoms with Crippen molar-refractivity contribution < 1.29 is 4.79 Å². The van der Waals surface area contributed by atoms with E-state index in [1.165, 1.54) is 16.7 Å². The molecule has 4 N–H and O–H groups in total. The summed E-state index contributed by atoms with van der Waals surface area (Å²) in [6, 6.07) is 25.5. The number of carbonyl (C=O) groups excluding carboxylic acids is 1. The van der Waals surface area contributed by atoms with Crippen molar-refractivity contribution >= 4 is 41.1 Å². The van der Waals surface area contributed by atoms with E-state index in [1.54, 1.807) is 17.8 Å². The van der Waals surface area contributed by atoms with Crippen LogP contribution in [0.5, 0.6) is 0 Å². The van der Waals surface area contributed by atoms with Gasteiger partial charge in [-0.2, -0.15) is 4.98 Å². The van der Waals surface area contributed by atoms with E-state index in [2.05, 4.69) is 32.6 Å². The van der Waals surface area contributed by atoms with Crippen molar-refractivity contribution in [2.45, 2.75) is 20.7 Å². The number of hydrogen-bond donors (Lipinski definition) is 3. The second-order valence-electron chi connectivity index (χ2n) is 6.39. The smallest absolute Gasteiger partial charge is 0.255 e. The molecule has 0 aliphatic rings. The van der Waals surface area contributed by atoms with Crippen molar-refractivity contribution in [1.82, 2.24) is 15.2 Å². The Morgan fingerprint density at radius 2 is 1.73 bits per heavy atom. The van der Waals surface area contributed by atoms with Crippen molar-refractivity contribution in [1.29, 1.82) is 0 Å². The molecule has 0 atom stereocenters. The predicted molar refractivity (Wildman–Crippen MR) is 122 cm³/mol. The number of nitrogen functional groups attached to an aromatic ring is 1. The number of aromatic amines is 1. The lowest BCUT2D eigenvalue weighted by Gasteiger charge is -2.08. The van der Waals surface area contributed by atoms with Crippen LogP contribution in [0.2, 0.25) is 0 Å². The van der Waals surface area contributed by atoms with E-state index in [0.29, 0.717) is 22.4 Å². The number of carbonyl (C=O) groups is 1. The fourth-order valence-electron chi connectivity index (χ4n) is 2.71. The summed E-state index contributed by atoms with van der Waals surface area (Å²) in [5.41, 5.74) is 7.90. The van der Waals surface area contributed by atoms with Crippen LogP contribution < -0.4 is 11.1 Å². The number of benzene rings is 3. The Hall–Kier alpha value is -3.23. The van der Waals surface area contributed by atoms with E-state index in [0.717, 1.165) is 16.1 Å². The molecule has 0 fully saturated rings. The van der Waals surface area contributed by atoms with Crippen molar-refractivity contribution in [3.63, 3.8) is 0 Å². The number of H-pyrrole nitrogens is 1. The number of nitrogens with zero attached hydrogens (tertiary/aromatic N) is 2. The molecule has 6 nitrogen and oxygen atoms in total. The van der Waals surface area contributed by atoms with E-state index >= 15 is 0 Å². The van der Waals surface area contributed by atoms with Crippen LogP contribution in [0.15, 0.2) is 93.8 Å². The van der Waals surface area contributed by atoms with Gasteiger partial charge in [-0.05, 0) is 54.1 Å². The van der Waals surface area contributed by atoms with Gasteiger partial charge in [0.2, 0.25) is 11.1 Å². The number of hydrogen-bond acceptors (Lipinski definition) is 6. The summed E-state index contributed by atoms with van der Waals surface area (Å²) < 4.78 is 0. The van der Waals surface area contributed by atoms with Crippen LogP contribution in [0.1, 0.15) is 15.9 Å². The van der Waals surface area contributed by atoms with E-state index in [4.69, 9.17) is 5.73 Å². The summed E-state index contributed by atoms with van der Waals surface area (Å²) >= 11 is 3.14. The summed E-state index contributed by atoms with van der Waals surface area (Å²) in [6.45, 7) is 0. The highest BCUT2D eigenvalue weighted by atomic mass is 32.2. The van der Waals surface area contributed by atoms with Gasteiger partial charge in [0, 0.05) is 26.8 Å². The van der Waals surface area contributed by atoms with Crippen LogP contribution in [0.3, 0.4) is 0 Å². The third-order valence-corrected chi connectivity index (χ3v) is 6.06. The van der Waals surface area contributed by atoms with Crippen LogP contribution in [0.4, 0.5) is 11.6 Å². The minimum atomic E-state index is -0.146. The molecule has 0 aliphatic heterocycles. The summed E-state index contributed by atoms with van der Waals surface area (Å²) in [5, 5.41) is 10.1. The maximum Gasteiger partial charge on any atom is 0.255 e. The van der Waals surface area contributed by atoms with E-state index in [-0.39, 0.29) is 5.91 Å². The van der Waals surface area contributed by atoms with Gasteiger partial charge in [0.15, 0.2) is 0 Å². The van der Waals surface area contributed by atoms with Gasteiger partial charge < -0.3 is 11.1 Å². The summed E-state index contributed by atoms with van der Waals surface area (Å²) in [6.07, 6.45) is 0. The molecule has 3 aromatic carbocycles. The van der Waals surface area contributed by atoms with Crippen LogP contribution in [-0.2, 0) is 5.75 Å². The highest BCUT2D eigenvalue weighted by Crippen LogP contribution is 2.28. The Morgan fingerprint density at radius 1 is 0.967 bits per heavy atom. The first kappa shape index (κ1) is 20.1. The lowest BCUT2D eigenvalue weighted by Crippen LogP contribution is -2.12. The van der Waals surface area contributed by atoms with Crippen LogP contribution in [0.25, 0.3) is 0 Å². The SMILES string of the molecule is Nc1nc(SCc2cccc(C(=O)Nc3ccc(Sc4ccccc4)cc3)c2)n[nH]1. The lowest BCUT2D eigenvalue weighted by molar-refractivity contribution is 0.102. The number of nitrogens with one attached hydrogen (secondary N) is 2. The molecule has 150 valence electrons. The first-order valence-corrected chi connectivity index (χ1v) is 11.0. The molecule has 1 aromatic heterocycles. The summed E-state index contributed by atoms with van der Waals surface area (Å²) in [7, 11) is 0. The van der Waals surface area contributed by atoms with Gasteiger partial charge in [-0.25, -0.2) is 5.10 Å². The Morgan fingerprint density at radius 3 is 2.47 bits per heavy atom. The zero-order valence-corrected chi connectivity index (χ0v) is 17.5. The molecule has 0 unspecified atom stereocenters. The van der Waals surface area contributed by atoms with Gasteiger partial charge >= 0.3 is 0 Å². The molecule has 1 heterocycles. The first-order chi connectivity index (χ1) is 14.7. The molecule has 0 saturated heterocycles. The van der Waals surface area contributed by atoms with Gasteiger partial charge in [-0.15, -0.1) is 5.10 Å². The molecule has 4 rings (SSSR count). The van der Waals surface area contributed by atoms with Crippen molar-refractivity contribution in [2.24, 2.45) is 0 Å². The average molecular weight is 434 g/mol. The van der Waals surface area contributed by atoms with E-state index < -0.39 is 0 Å². The monoisotopic (exact) mass is 433 g/mol. The molecular formula is C22H19N5OS2. The standard InChI is InChI=1S/C22H19N5OS2/c23-21-25-22(27-26-21)29-14-15-5-4-6-16(13-15)20(28)24-17-9-11-19(12-10-17)30-18-7-2-1-3-8-18/h1-13H,14H2,(H,24,28)(H3,23,25,26,27). The third-order valence-electron chi connectivity index (χ3n) is 4.13. The van der Waals surface area contributed by atoms with Crippen LogP contribution in [0, 0.1) is 0 Å². The molecule has 0 saturated carbocycles. The van der Waals surface area contributed by atoms with Crippen LogP contribution >= 0.6 is 23.5 Å². The molecular weight excluding hydrogens is 414 g/mol. The number of rotatable bonds is 7. The van der Waals surface area contributed by atoms with Crippen molar-refractivity contribution in [3.05, 3.63) is 90.0 Å². The predicted octanol–water partition coefficient (Wildman–Crippen LogP) is 5.08. The van der Waals surface area contributed by atoms with E-state index in [1.807, 2.05) is 60.7 Å². The first-order valence-electron chi connectivity index (χ1n) is 9.20. The molecule has 0 radical (unpaired) electrons. The molecule has 4 aromatic rings.